The monoisotopic (exact) mass is 385 g/mol. The molecular formula is C24H23N3O2. The third-order valence-electron chi connectivity index (χ3n) is 4.86. The van der Waals surface area contributed by atoms with E-state index in [-0.39, 0.29) is 5.97 Å². The predicted octanol–water partition coefficient (Wildman–Crippen LogP) is 4.68. The van der Waals surface area contributed by atoms with Gasteiger partial charge in [0.05, 0.1) is 17.8 Å². The number of hydrogen-bond donors (Lipinski definition) is 0. The highest BCUT2D eigenvalue weighted by molar-refractivity contribution is 5.90. The molecule has 5 nitrogen and oxygen atoms in total. The highest BCUT2D eigenvalue weighted by Gasteiger charge is 2.12. The zero-order chi connectivity index (χ0) is 20.1. The maximum atomic E-state index is 12.5. The standard InChI is InChI=1S/C24H23N3O2/c1-2-26(21-11-7-4-8-12-21)15-16-29-24(28)20-13-14-27-18-22(25-23(27)17-20)19-9-5-3-6-10-19/h3-14,17-18H,2,15-16H2,1H3. The SMILES string of the molecule is CCN(CCOC(=O)c1ccn2cc(-c3ccccc3)nc2c1)c1ccccc1. The number of anilines is 1. The number of hydrogen-bond acceptors (Lipinski definition) is 4. The molecule has 0 aliphatic carbocycles. The van der Waals surface area contributed by atoms with E-state index in [4.69, 9.17) is 4.74 Å². The van der Waals surface area contributed by atoms with Gasteiger partial charge in [-0.15, -0.1) is 0 Å². The summed E-state index contributed by atoms with van der Waals surface area (Å²) in [4.78, 5) is 19.3. The molecule has 0 radical (unpaired) electrons. The number of esters is 1. The molecule has 0 spiro atoms. The van der Waals surface area contributed by atoms with Crippen molar-refractivity contribution in [3.63, 3.8) is 0 Å². The van der Waals surface area contributed by atoms with Gasteiger partial charge >= 0.3 is 5.97 Å². The third-order valence-corrected chi connectivity index (χ3v) is 4.86. The molecule has 0 saturated heterocycles. The highest BCUT2D eigenvalue weighted by Crippen LogP contribution is 2.19. The van der Waals surface area contributed by atoms with Gasteiger partial charge in [-0.1, -0.05) is 48.5 Å². The Labute approximate surface area is 170 Å². The molecule has 5 heteroatoms. The van der Waals surface area contributed by atoms with Gasteiger partial charge in [0.25, 0.3) is 0 Å². The summed E-state index contributed by atoms with van der Waals surface area (Å²) in [5, 5.41) is 0. The van der Waals surface area contributed by atoms with Crippen LogP contribution in [0.4, 0.5) is 5.69 Å². The van der Waals surface area contributed by atoms with Crippen LogP contribution in [-0.4, -0.2) is 35.1 Å². The van der Waals surface area contributed by atoms with Crippen LogP contribution in [0.25, 0.3) is 16.9 Å². The van der Waals surface area contributed by atoms with Crippen molar-refractivity contribution >= 4 is 17.3 Å². The second-order valence-electron chi connectivity index (χ2n) is 6.72. The Balaban J connectivity index is 1.42. The molecule has 0 aliphatic heterocycles. The number of pyridine rings is 1. The van der Waals surface area contributed by atoms with Gasteiger partial charge in [0.1, 0.15) is 12.3 Å². The Kier molecular flexibility index (Phi) is 5.56. The van der Waals surface area contributed by atoms with Crippen molar-refractivity contribution in [3.05, 3.63) is 90.8 Å². The van der Waals surface area contributed by atoms with Crippen LogP contribution in [0.5, 0.6) is 0 Å². The first kappa shape index (κ1) is 18.7. The Hall–Kier alpha value is -3.60. The molecule has 0 bridgehead atoms. The maximum absolute atomic E-state index is 12.5. The number of para-hydroxylation sites is 1. The quantitative estimate of drug-likeness (QED) is 0.433. The molecule has 2 aromatic carbocycles. The molecule has 0 atom stereocenters. The Morgan fingerprint density at radius 3 is 2.48 bits per heavy atom. The molecule has 4 rings (SSSR count). The van der Waals surface area contributed by atoms with Crippen LogP contribution in [0, 0.1) is 0 Å². The first-order valence-corrected chi connectivity index (χ1v) is 9.76. The first-order chi connectivity index (χ1) is 14.2. The van der Waals surface area contributed by atoms with Gasteiger partial charge in [0, 0.05) is 30.2 Å². The molecule has 29 heavy (non-hydrogen) atoms. The van der Waals surface area contributed by atoms with E-state index in [0.29, 0.717) is 18.7 Å². The van der Waals surface area contributed by atoms with Crippen molar-refractivity contribution in [2.45, 2.75) is 6.92 Å². The second kappa shape index (κ2) is 8.61. The van der Waals surface area contributed by atoms with E-state index in [2.05, 4.69) is 28.9 Å². The number of aromatic nitrogens is 2. The van der Waals surface area contributed by atoms with E-state index >= 15 is 0 Å². The van der Waals surface area contributed by atoms with Crippen LogP contribution < -0.4 is 4.90 Å². The fourth-order valence-electron chi connectivity index (χ4n) is 3.30. The van der Waals surface area contributed by atoms with Gasteiger partial charge in [-0.05, 0) is 31.2 Å². The molecule has 0 aliphatic rings. The number of likely N-dealkylation sites (N-methyl/N-ethyl adjacent to an activating group) is 1. The zero-order valence-corrected chi connectivity index (χ0v) is 16.4. The molecule has 0 amide bonds. The molecule has 4 aromatic rings. The summed E-state index contributed by atoms with van der Waals surface area (Å²) in [6.07, 6.45) is 3.80. The van der Waals surface area contributed by atoms with E-state index in [9.17, 15) is 4.79 Å². The number of rotatable bonds is 7. The van der Waals surface area contributed by atoms with Crippen LogP contribution in [0.15, 0.2) is 85.2 Å². The lowest BCUT2D eigenvalue weighted by atomic mass is 10.2. The number of benzene rings is 2. The Bertz CT molecular complexity index is 1090. The van der Waals surface area contributed by atoms with Crippen molar-refractivity contribution < 1.29 is 9.53 Å². The maximum Gasteiger partial charge on any atom is 0.338 e. The fraction of sp³-hybridized carbons (Fsp3) is 0.167. The van der Waals surface area contributed by atoms with Crippen LogP contribution in [0.1, 0.15) is 17.3 Å². The topological polar surface area (TPSA) is 46.8 Å². The largest absolute Gasteiger partial charge is 0.460 e. The van der Waals surface area contributed by atoms with Crippen molar-refractivity contribution in [1.29, 1.82) is 0 Å². The highest BCUT2D eigenvalue weighted by atomic mass is 16.5. The van der Waals surface area contributed by atoms with Gasteiger partial charge < -0.3 is 14.0 Å². The molecule has 0 unspecified atom stereocenters. The summed E-state index contributed by atoms with van der Waals surface area (Å²) in [5.74, 6) is -0.333. The van der Waals surface area contributed by atoms with Crippen molar-refractivity contribution in [3.8, 4) is 11.3 Å². The lowest BCUT2D eigenvalue weighted by Crippen LogP contribution is -2.27. The summed E-state index contributed by atoms with van der Waals surface area (Å²) in [7, 11) is 0. The van der Waals surface area contributed by atoms with E-state index in [1.165, 1.54) is 0 Å². The van der Waals surface area contributed by atoms with Gasteiger partial charge in [-0.2, -0.15) is 0 Å². The summed E-state index contributed by atoms with van der Waals surface area (Å²) in [5.41, 5.74) is 4.26. The molecule has 2 heterocycles. The minimum atomic E-state index is -0.333. The average Bonchev–Trinajstić information content (AvgIpc) is 3.21. The van der Waals surface area contributed by atoms with Crippen molar-refractivity contribution in [2.75, 3.05) is 24.6 Å². The lowest BCUT2D eigenvalue weighted by Gasteiger charge is -2.22. The van der Waals surface area contributed by atoms with Crippen molar-refractivity contribution in [2.24, 2.45) is 0 Å². The summed E-state index contributed by atoms with van der Waals surface area (Å²) < 4.78 is 7.41. The number of nitrogens with zero attached hydrogens (tertiary/aromatic N) is 3. The van der Waals surface area contributed by atoms with E-state index in [1.54, 1.807) is 12.1 Å². The molecule has 2 aromatic heterocycles. The number of imidazole rings is 1. The van der Waals surface area contributed by atoms with Crippen LogP contribution in [0.2, 0.25) is 0 Å². The minimum Gasteiger partial charge on any atom is -0.460 e. The molecule has 146 valence electrons. The average molecular weight is 385 g/mol. The Morgan fingerprint density at radius 2 is 1.76 bits per heavy atom. The smallest absolute Gasteiger partial charge is 0.338 e. The number of carbonyl (C=O) groups excluding carboxylic acids is 1. The summed E-state index contributed by atoms with van der Waals surface area (Å²) in [6, 6.07) is 23.6. The minimum absolute atomic E-state index is 0.330. The molecular weight excluding hydrogens is 362 g/mol. The fourth-order valence-corrected chi connectivity index (χ4v) is 3.30. The van der Waals surface area contributed by atoms with E-state index in [1.807, 2.05) is 65.3 Å². The number of carbonyl (C=O) groups is 1. The number of ether oxygens (including phenoxy) is 1. The molecule has 0 saturated carbocycles. The normalized spacial score (nSPS) is 10.8. The Morgan fingerprint density at radius 1 is 1.03 bits per heavy atom. The van der Waals surface area contributed by atoms with Gasteiger partial charge in [0.15, 0.2) is 0 Å². The summed E-state index contributed by atoms with van der Waals surface area (Å²) >= 11 is 0. The zero-order valence-electron chi connectivity index (χ0n) is 16.4. The van der Waals surface area contributed by atoms with Crippen LogP contribution in [-0.2, 0) is 4.74 Å². The van der Waals surface area contributed by atoms with Crippen LogP contribution in [0.3, 0.4) is 0 Å². The first-order valence-electron chi connectivity index (χ1n) is 9.76. The van der Waals surface area contributed by atoms with E-state index in [0.717, 1.165) is 29.1 Å². The van der Waals surface area contributed by atoms with Crippen molar-refractivity contribution in [1.82, 2.24) is 9.38 Å². The number of fused-ring (bicyclic) bond motifs is 1. The summed E-state index contributed by atoms with van der Waals surface area (Å²) in [6.45, 7) is 3.92. The lowest BCUT2D eigenvalue weighted by molar-refractivity contribution is 0.0515. The second-order valence-corrected chi connectivity index (χ2v) is 6.72. The van der Waals surface area contributed by atoms with Gasteiger partial charge in [-0.3, -0.25) is 0 Å². The van der Waals surface area contributed by atoms with Crippen LogP contribution >= 0.6 is 0 Å². The third kappa shape index (κ3) is 4.29. The predicted molar refractivity (Wildman–Crippen MR) is 115 cm³/mol. The molecule has 0 fully saturated rings. The van der Waals surface area contributed by atoms with Gasteiger partial charge in [-0.25, -0.2) is 9.78 Å². The van der Waals surface area contributed by atoms with E-state index < -0.39 is 0 Å². The van der Waals surface area contributed by atoms with Gasteiger partial charge in [0.2, 0.25) is 0 Å². The molecule has 0 N–H and O–H groups in total.